The number of anilines is 1. The molecule has 0 aliphatic heterocycles. The third kappa shape index (κ3) is 3.76. The van der Waals surface area contributed by atoms with Crippen LogP contribution in [0.2, 0.25) is 0 Å². The van der Waals surface area contributed by atoms with Gasteiger partial charge in [-0.2, -0.15) is 0 Å². The van der Waals surface area contributed by atoms with Crippen molar-refractivity contribution < 1.29 is 13.2 Å². The maximum Gasteiger partial charge on any atom is 0.263 e. The fourth-order valence-corrected chi connectivity index (χ4v) is 4.87. The smallest absolute Gasteiger partial charge is 0.263 e. The summed E-state index contributed by atoms with van der Waals surface area (Å²) in [4.78, 5) is 1.80. The number of benzene rings is 1. The first-order chi connectivity index (χ1) is 9.85. The highest BCUT2D eigenvalue weighted by molar-refractivity contribution is 9.10. The number of ether oxygens (including phenoxy) is 1. The lowest BCUT2D eigenvalue weighted by atomic mass is 10.3. The zero-order valence-corrected chi connectivity index (χ0v) is 14.7. The minimum Gasteiger partial charge on any atom is -0.497 e. The Balaban J connectivity index is 2.37. The maximum atomic E-state index is 12.5. The minimum atomic E-state index is -3.65. The van der Waals surface area contributed by atoms with Gasteiger partial charge in [-0.1, -0.05) is 15.9 Å². The van der Waals surface area contributed by atoms with Gasteiger partial charge in [0.1, 0.15) is 10.6 Å². The van der Waals surface area contributed by atoms with Crippen LogP contribution in [0.4, 0.5) is 5.69 Å². The van der Waals surface area contributed by atoms with E-state index in [1.807, 2.05) is 0 Å². The van der Waals surface area contributed by atoms with Crippen molar-refractivity contribution in [2.24, 2.45) is 5.73 Å². The van der Waals surface area contributed by atoms with Gasteiger partial charge in [-0.3, -0.25) is 4.72 Å². The van der Waals surface area contributed by atoms with Crippen LogP contribution in [0.1, 0.15) is 9.75 Å². The van der Waals surface area contributed by atoms with Gasteiger partial charge in [0.15, 0.2) is 0 Å². The second-order valence-electron chi connectivity index (χ2n) is 4.32. The SMILES string of the molecule is COc1cc(Br)cc(NS(=O)(=O)c2cc(CN)sc2C)c1. The van der Waals surface area contributed by atoms with Gasteiger partial charge in [-0.15, -0.1) is 11.3 Å². The lowest BCUT2D eigenvalue weighted by molar-refractivity contribution is 0.415. The van der Waals surface area contributed by atoms with Crippen molar-refractivity contribution >= 4 is 43.0 Å². The second kappa shape index (κ2) is 6.35. The van der Waals surface area contributed by atoms with Crippen LogP contribution in [-0.2, 0) is 16.6 Å². The van der Waals surface area contributed by atoms with Crippen LogP contribution in [0.25, 0.3) is 0 Å². The first-order valence-corrected chi connectivity index (χ1v) is 9.12. The third-order valence-corrected chi connectivity index (χ3v) is 5.94. The monoisotopic (exact) mass is 390 g/mol. The van der Waals surface area contributed by atoms with Crippen molar-refractivity contribution in [3.63, 3.8) is 0 Å². The van der Waals surface area contributed by atoms with E-state index >= 15 is 0 Å². The van der Waals surface area contributed by atoms with E-state index in [0.717, 1.165) is 9.35 Å². The summed E-state index contributed by atoms with van der Waals surface area (Å²) in [5.41, 5.74) is 5.99. The fourth-order valence-electron chi connectivity index (χ4n) is 1.84. The number of sulfonamides is 1. The van der Waals surface area contributed by atoms with E-state index in [4.69, 9.17) is 10.5 Å². The molecule has 0 radical (unpaired) electrons. The maximum absolute atomic E-state index is 12.5. The van der Waals surface area contributed by atoms with E-state index in [9.17, 15) is 8.42 Å². The first kappa shape index (κ1) is 16.3. The van der Waals surface area contributed by atoms with Crippen molar-refractivity contribution in [3.8, 4) is 5.75 Å². The molecule has 3 N–H and O–H groups in total. The molecule has 21 heavy (non-hydrogen) atoms. The number of halogens is 1. The second-order valence-corrected chi connectivity index (χ2v) is 8.23. The van der Waals surface area contributed by atoms with Crippen molar-refractivity contribution in [2.75, 3.05) is 11.8 Å². The zero-order chi connectivity index (χ0) is 15.6. The normalized spacial score (nSPS) is 11.4. The molecule has 0 spiro atoms. The molecule has 1 aromatic heterocycles. The van der Waals surface area contributed by atoms with E-state index in [0.29, 0.717) is 22.9 Å². The molecule has 0 fully saturated rings. The third-order valence-electron chi connectivity index (χ3n) is 2.77. The van der Waals surface area contributed by atoms with Gasteiger partial charge in [-0.25, -0.2) is 8.42 Å². The van der Waals surface area contributed by atoms with Gasteiger partial charge >= 0.3 is 0 Å². The van der Waals surface area contributed by atoms with Crippen molar-refractivity contribution in [3.05, 3.63) is 38.5 Å². The van der Waals surface area contributed by atoms with E-state index in [2.05, 4.69) is 20.7 Å². The van der Waals surface area contributed by atoms with Crippen molar-refractivity contribution in [1.82, 2.24) is 0 Å². The van der Waals surface area contributed by atoms with E-state index in [1.165, 1.54) is 18.4 Å². The Bertz CT molecular complexity index is 757. The number of hydrogen-bond acceptors (Lipinski definition) is 5. The number of thiophene rings is 1. The average Bonchev–Trinajstić information content (AvgIpc) is 2.79. The molecule has 0 aliphatic rings. The summed E-state index contributed by atoms with van der Waals surface area (Å²) >= 11 is 4.70. The molecule has 2 aromatic rings. The number of aryl methyl sites for hydroxylation is 1. The van der Waals surface area contributed by atoms with E-state index in [-0.39, 0.29) is 4.90 Å². The molecule has 1 heterocycles. The van der Waals surface area contributed by atoms with E-state index in [1.54, 1.807) is 31.2 Å². The highest BCUT2D eigenvalue weighted by Crippen LogP contribution is 2.29. The molecule has 0 unspecified atom stereocenters. The molecule has 1 aromatic carbocycles. The van der Waals surface area contributed by atoms with Crippen LogP contribution in [-0.4, -0.2) is 15.5 Å². The van der Waals surface area contributed by atoms with Gasteiger partial charge in [0.2, 0.25) is 0 Å². The highest BCUT2D eigenvalue weighted by atomic mass is 79.9. The molecule has 114 valence electrons. The lowest BCUT2D eigenvalue weighted by Gasteiger charge is -2.10. The number of nitrogens with two attached hydrogens (primary N) is 1. The van der Waals surface area contributed by atoms with Crippen LogP contribution in [0, 0.1) is 6.92 Å². The molecule has 0 atom stereocenters. The summed E-state index contributed by atoms with van der Waals surface area (Å²) in [7, 11) is -2.12. The molecule has 2 rings (SSSR count). The first-order valence-electron chi connectivity index (χ1n) is 6.02. The minimum absolute atomic E-state index is 0.256. The molecule has 0 saturated heterocycles. The molecule has 0 bridgehead atoms. The quantitative estimate of drug-likeness (QED) is 0.821. The Morgan fingerprint density at radius 3 is 2.62 bits per heavy atom. The highest BCUT2D eigenvalue weighted by Gasteiger charge is 2.20. The van der Waals surface area contributed by atoms with Gasteiger partial charge in [0.05, 0.1) is 12.8 Å². The van der Waals surface area contributed by atoms with Crippen molar-refractivity contribution in [2.45, 2.75) is 18.4 Å². The lowest BCUT2D eigenvalue weighted by Crippen LogP contribution is -2.13. The summed E-state index contributed by atoms with van der Waals surface area (Å²) in [6.07, 6.45) is 0. The molecular weight excluding hydrogens is 376 g/mol. The number of rotatable bonds is 5. The molecule has 5 nitrogen and oxygen atoms in total. The van der Waals surface area contributed by atoms with E-state index < -0.39 is 10.0 Å². The number of nitrogens with one attached hydrogen (secondary N) is 1. The van der Waals surface area contributed by atoms with Crippen molar-refractivity contribution in [1.29, 1.82) is 0 Å². The Morgan fingerprint density at radius 1 is 1.33 bits per heavy atom. The molecule has 0 aliphatic carbocycles. The van der Waals surface area contributed by atoms with Gasteiger partial charge < -0.3 is 10.5 Å². The van der Waals surface area contributed by atoms with Crippen LogP contribution in [0.3, 0.4) is 0 Å². The van der Waals surface area contributed by atoms with Gasteiger partial charge in [0, 0.05) is 26.8 Å². The Hall–Kier alpha value is -1.09. The zero-order valence-electron chi connectivity index (χ0n) is 11.5. The van der Waals surface area contributed by atoms with Gasteiger partial charge in [-0.05, 0) is 25.1 Å². The molecule has 0 saturated carbocycles. The number of hydrogen-bond donors (Lipinski definition) is 2. The van der Waals surface area contributed by atoms with Crippen LogP contribution in [0.5, 0.6) is 5.75 Å². The topological polar surface area (TPSA) is 81.4 Å². The van der Waals surface area contributed by atoms with Crippen LogP contribution < -0.4 is 15.2 Å². The molecular formula is C13H15BrN2O3S2. The summed E-state index contributed by atoms with van der Waals surface area (Å²) in [6.45, 7) is 2.09. The standard InChI is InChI=1S/C13H15BrN2O3S2/c1-8-13(6-12(7-15)20-8)21(17,18)16-10-3-9(14)4-11(5-10)19-2/h3-6,16H,7,15H2,1-2H3. The molecule has 8 heteroatoms. The largest absolute Gasteiger partial charge is 0.497 e. The fraction of sp³-hybridized carbons (Fsp3) is 0.231. The summed E-state index contributed by atoms with van der Waals surface area (Å²) < 4.78 is 33.3. The number of methoxy groups -OCH3 is 1. The average molecular weight is 391 g/mol. The van der Waals surface area contributed by atoms with Crippen LogP contribution >= 0.6 is 27.3 Å². The Morgan fingerprint density at radius 2 is 2.05 bits per heavy atom. The predicted octanol–water partition coefficient (Wildman–Crippen LogP) is 3.09. The Kier molecular flexibility index (Phi) is 4.92. The Labute approximate surface area is 136 Å². The predicted molar refractivity (Wildman–Crippen MR) is 88.4 cm³/mol. The summed E-state index contributed by atoms with van der Waals surface area (Å²) in [6, 6.07) is 6.65. The van der Waals surface area contributed by atoms with Gasteiger partial charge in [0.25, 0.3) is 10.0 Å². The molecule has 0 amide bonds. The van der Waals surface area contributed by atoms with Crippen LogP contribution in [0.15, 0.2) is 33.6 Å². The summed E-state index contributed by atoms with van der Waals surface area (Å²) in [5.74, 6) is 0.562. The summed E-state index contributed by atoms with van der Waals surface area (Å²) in [5, 5.41) is 0.